The van der Waals surface area contributed by atoms with Gasteiger partial charge in [0.05, 0.1) is 12.8 Å². The van der Waals surface area contributed by atoms with Crippen molar-refractivity contribution in [3.63, 3.8) is 0 Å². The minimum atomic E-state index is -0.604. The van der Waals surface area contributed by atoms with E-state index in [2.05, 4.69) is 5.10 Å². The van der Waals surface area contributed by atoms with Crippen molar-refractivity contribution in [2.24, 2.45) is 0 Å². The van der Waals surface area contributed by atoms with E-state index in [1.54, 1.807) is 30.3 Å². The molecule has 0 spiro atoms. The second-order valence-corrected chi connectivity index (χ2v) is 4.82. The molecule has 5 nitrogen and oxygen atoms in total. The molecule has 3 aromatic rings. The van der Waals surface area contributed by atoms with Crippen LogP contribution >= 0.6 is 23.2 Å². The van der Waals surface area contributed by atoms with Crippen molar-refractivity contribution in [2.45, 2.75) is 6.54 Å². The molecular formula is C13H8Cl2N2O3. The van der Waals surface area contributed by atoms with E-state index in [-0.39, 0.29) is 12.4 Å². The third-order valence-corrected chi connectivity index (χ3v) is 3.42. The van der Waals surface area contributed by atoms with Gasteiger partial charge < -0.3 is 8.83 Å². The molecule has 0 aliphatic rings. The largest absolute Gasteiger partial charge is 0.459 e. The van der Waals surface area contributed by atoms with Crippen LogP contribution in [0.2, 0.25) is 10.0 Å². The summed E-state index contributed by atoms with van der Waals surface area (Å²) >= 11 is 12.1. The highest BCUT2D eigenvalue weighted by atomic mass is 35.5. The van der Waals surface area contributed by atoms with Crippen molar-refractivity contribution in [2.75, 3.05) is 0 Å². The Bertz CT molecular complexity index is 770. The first kappa shape index (κ1) is 13.0. The lowest BCUT2D eigenvalue weighted by Crippen LogP contribution is -2.17. The van der Waals surface area contributed by atoms with Crippen molar-refractivity contribution < 1.29 is 8.83 Å². The van der Waals surface area contributed by atoms with Crippen LogP contribution in [-0.4, -0.2) is 9.78 Å². The summed E-state index contributed by atoms with van der Waals surface area (Å²) in [6.45, 7) is 0.127. The highest BCUT2D eigenvalue weighted by Gasteiger charge is 2.15. The minimum Gasteiger partial charge on any atom is -0.459 e. The monoisotopic (exact) mass is 310 g/mol. The van der Waals surface area contributed by atoms with Gasteiger partial charge in [0.1, 0.15) is 0 Å². The molecule has 0 fully saturated rings. The van der Waals surface area contributed by atoms with Crippen molar-refractivity contribution in [1.29, 1.82) is 0 Å². The summed E-state index contributed by atoms with van der Waals surface area (Å²) in [4.78, 5) is 11.8. The van der Waals surface area contributed by atoms with Gasteiger partial charge in [-0.25, -0.2) is 4.79 Å². The minimum absolute atomic E-state index is 0.114. The van der Waals surface area contributed by atoms with Crippen molar-refractivity contribution in [1.82, 2.24) is 9.78 Å². The summed E-state index contributed by atoms with van der Waals surface area (Å²) < 4.78 is 11.3. The second kappa shape index (κ2) is 5.19. The predicted octanol–water partition coefficient (Wildman–Crippen LogP) is 3.45. The fraction of sp³-hybridized carbons (Fsp3) is 0.0769. The Labute approximate surface area is 123 Å². The quantitative estimate of drug-likeness (QED) is 0.743. The van der Waals surface area contributed by atoms with Gasteiger partial charge in [0.2, 0.25) is 0 Å². The molecule has 0 radical (unpaired) electrons. The van der Waals surface area contributed by atoms with Gasteiger partial charge in [0.25, 0.3) is 5.89 Å². The van der Waals surface area contributed by atoms with Crippen LogP contribution < -0.4 is 5.76 Å². The van der Waals surface area contributed by atoms with Crippen LogP contribution in [0.25, 0.3) is 11.7 Å². The van der Waals surface area contributed by atoms with Gasteiger partial charge in [0, 0.05) is 15.6 Å². The molecule has 0 aliphatic heterocycles. The Balaban J connectivity index is 1.98. The lowest BCUT2D eigenvalue weighted by atomic mass is 10.2. The Hall–Kier alpha value is -1.98. The average molecular weight is 311 g/mol. The third-order valence-electron chi connectivity index (χ3n) is 2.71. The molecule has 2 heterocycles. The number of furan rings is 1. The van der Waals surface area contributed by atoms with E-state index in [0.29, 0.717) is 21.4 Å². The first-order valence-corrected chi connectivity index (χ1v) is 6.45. The van der Waals surface area contributed by atoms with E-state index in [4.69, 9.17) is 32.0 Å². The van der Waals surface area contributed by atoms with Crippen molar-refractivity contribution >= 4 is 23.2 Å². The molecule has 0 amide bonds. The zero-order valence-electron chi connectivity index (χ0n) is 10.0. The summed E-state index contributed by atoms with van der Waals surface area (Å²) in [5, 5.41) is 4.99. The number of nitrogens with zero attached hydrogens (tertiary/aromatic N) is 2. The second-order valence-electron chi connectivity index (χ2n) is 4.01. The van der Waals surface area contributed by atoms with Crippen LogP contribution in [0.4, 0.5) is 0 Å². The van der Waals surface area contributed by atoms with Gasteiger partial charge in [-0.05, 0) is 24.3 Å². The first-order valence-electron chi connectivity index (χ1n) is 5.70. The number of hydrogen-bond donors (Lipinski definition) is 0. The van der Waals surface area contributed by atoms with E-state index in [0.717, 1.165) is 4.68 Å². The molecule has 7 heteroatoms. The van der Waals surface area contributed by atoms with E-state index in [1.807, 2.05) is 0 Å². The number of halogens is 2. The summed E-state index contributed by atoms with van der Waals surface area (Å²) in [7, 11) is 0. The van der Waals surface area contributed by atoms with Gasteiger partial charge in [-0.1, -0.05) is 29.3 Å². The molecule has 0 N–H and O–H groups in total. The van der Waals surface area contributed by atoms with Crippen LogP contribution in [0, 0.1) is 0 Å². The van der Waals surface area contributed by atoms with E-state index in [9.17, 15) is 4.79 Å². The first-order chi connectivity index (χ1) is 9.65. The highest BCUT2D eigenvalue weighted by Crippen LogP contribution is 2.25. The van der Waals surface area contributed by atoms with Crippen molar-refractivity contribution in [3.05, 3.63) is 62.8 Å². The van der Waals surface area contributed by atoms with E-state index in [1.165, 1.54) is 6.26 Å². The van der Waals surface area contributed by atoms with E-state index >= 15 is 0 Å². The van der Waals surface area contributed by atoms with Gasteiger partial charge in [-0.3, -0.25) is 0 Å². The maximum absolute atomic E-state index is 11.8. The highest BCUT2D eigenvalue weighted by molar-refractivity contribution is 6.35. The molecule has 102 valence electrons. The van der Waals surface area contributed by atoms with Crippen LogP contribution in [0.3, 0.4) is 0 Å². The van der Waals surface area contributed by atoms with Crippen molar-refractivity contribution in [3.8, 4) is 11.7 Å². The van der Waals surface area contributed by atoms with Gasteiger partial charge in [-0.2, -0.15) is 4.68 Å². The Morgan fingerprint density at radius 3 is 2.55 bits per heavy atom. The van der Waals surface area contributed by atoms with Gasteiger partial charge >= 0.3 is 5.76 Å². The molecule has 0 bridgehead atoms. The molecule has 3 rings (SSSR count). The molecule has 1 aromatic carbocycles. The van der Waals surface area contributed by atoms with Crippen LogP contribution in [0.1, 0.15) is 5.56 Å². The van der Waals surface area contributed by atoms with Crippen LogP contribution in [0.15, 0.2) is 50.2 Å². The molecular weight excluding hydrogens is 303 g/mol. The number of hydrogen-bond acceptors (Lipinski definition) is 4. The fourth-order valence-corrected chi connectivity index (χ4v) is 2.26. The lowest BCUT2D eigenvalue weighted by Gasteiger charge is -2.04. The van der Waals surface area contributed by atoms with Crippen LogP contribution in [0.5, 0.6) is 0 Å². The standard InChI is InChI=1S/C13H8Cl2N2O3/c14-9-3-1-4-10(15)8(9)7-17-13(18)20-12(16-17)11-5-2-6-19-11/h1-6H,7H2. The maximum atomic E-state index is 11.8. The normalized spacial score (nSPS) is 10.9. The summed E-state index contributed by atoms with van der Waals surface area (Å²) in [5.41, 5.74) is 0.609. The Kier molecular flexibility index (Phi) is 3.38. The molecule has 0 atom stereocenters. The topological polar surface area (TPSA) is 61.2 Å². The predicted molar refractivity (Wildman–Crippen MR) is 74.0 cm³/mol. The molecule has 0 saturated heterocycles. The molecule has 2 aromatic heterocycles. The smallest absolute Gasteiger partial charge is 0.437 e. The molecule has 20 heavy (non-hydrogen) atoms. The molecule has 0 unspecified atom stereocenters. The summed E-state index contributed by atoms with van der Waals surface area (Å²) in [6.07, 6.45) is 1.47. The molecule has 0 saturated carbocycles. The zero-order chi connectivity index (χ0) is 14.1. The summed E-state index contributed by atoms with van der Waals surface area (Å²) in [6, 6.07) is 8.45. The zero-order valence-corrected chi connectivity index (χ0v) is 11.6. The SMILES string of the molecule is O=c1oc(-c2ccco2)nn1Cc1c(Cl)cccc1Cl. The van der Waals surface area contributed by atoms with E-state index < -0.39 is 5.76 Å². The third kappa shape index (κ3) is 2.37. The lowest BCUT2D eigenvalue weighted by molar-refractivity contribution is 0.476. The number of rotatable bonds is 3. The fourth-order valence-electron chi connectivity index (χ4n) is 1.74. The number of benzene rings is 1. The van der Waals surface area contributed by atoms with Gasteiger partial charge in [-0.15, -0.1) is 5.10 Å². The van der Waals surface area contributed by atoms with Gasteiger partial charge in [0.15, 0.2) is 5.76 Å². The Morgan fingerprint density at radius 2 is 1.90 bits per heavy atom. The number of aromatic nitrogens is 2. The van der Waals surface area contributed by atoms with Crippen LogP contribution in [-0.2, 0) is 6.54 Å². The summed E-state index contributed by atoms with van der Waals surface area (Å²) in [5.74, 6) is -0.110. The molecule has 0 aliphatic carbocycles. The Morgan fingerprint density at radius 1 is 1.15 bits per heavy atom. The average Bonchev–Trinajstić information content (AvgIpc) is 3.04. The maximum Gasteiger partial charge on any atom is 0.437 e.